The first kappa shape index (κ1) is 24.2. The molecule has 7 heteroatoms. The molecule has 4 rings (SSSR count). The van der Waals surface area contributed by atoms with Gasteiger partial charge in [0, 0.05) is 23.5 Å². The fraction of sp³-hybridized carbons (Fsp3) is 0.250. The Hall–Kier alpha value is -3.97. The molecule has 3 aromatic carbocycles. The Morgan fingerprint density at radius 3 is 2.31 bits per heavy atom. The van der Waals surface area contributed by atoms with Crippen LogP contribution in [0.5, 0.6) is 0 Å². The molecule has 1 aliphatic heterocycles. The number of aliphatic carboxylic acids is 1. The third-order valence-electron chi connectivity index (χ3n) is 5.78. The van der Waals surface area contributed by atoms with Crippen LogP contribution >= 0.6 is 0 Å². The summed E-state index contributed by atoms with van der Waals surface area (Å²) in [6.45, 7) is 4.85. The van der Waals surface area contributed by atoms with Crippen molar-refractivity contribution in [1.82, 2.24) is 5.59 Å². The predicted molar refractivity (Wildman–Crippen MR) is 141 cm³/mol. The minimum atomic E-state index is -0.807. The lowest BCUT2D eigenvalue weighted by atomic mass is 9.96. The van der Waals surface area contributed by atoms with Crippen LogP contribution < -0.4 is 21.2 Å². The van der Waals surface area contributed by atoms with Crippen molar-refractivity contribution in [2.45, 2.75) is 32.7 Å². The second-order valence-electron chi connectivity index (χ2n) is 8.98. The molecule has 0 aromatic heterocycles. The number of hydrogen-bond donors (Lipinski definition) is 4. The summed E-state index contributed by atoms with van der Waals surface area (Å²) in [6, 6.07) is 26.8. The van der Waals surface area contributed by atoms with E-state index in [0.29, 0.717) is 12.5 Å². The lowest BCUT2D eigenvalue weighted by Gasteiger charge is -2.24. The standard InChI is InChI=1S/C28H32N4O3/c1-20(2)18-26(30-24-12-10-23(11-13-24)29-17-16-28(33)34)21-8-14-25(15-9-21)32-27(19-35-31-32)22-6-4-3-5-7-22/h3-15,19-20,26,29-31H,16-18H2,1-2H3,(H,33,34)/t26-/m1/s1. The number of rotatable bonds is 11. The maximum atomic E-state index is 10.7. The van der Waals surface area contributed by atoms with Crippen LogP contribution in [0, 0.1) is 5.92 Å². The van der Waals surface area contributed by atoms with Crippen molar-refractivity contribution in [3.8, 4) is 0 Å². The normalized spacial score (nSPS) is 13.8. The molecule has 182 valence electrons. The van der Waals surface area contributed by atoms with Gasteiger partial charge in [-0.15, -0.1) is 0 Å². The average molecular weight is 473 g/mol. The minimum absolute atomic E-state index is 0.0914. The largest absolute Gasteiger partial charge is 0.481 e. The zero-order valence-corrected chi connectivity index (χ0v) is 20.1. The van der Waals surface area contributed by atoms with E-state index in [-0.39, 0.29) is 12.5 Å². The molecule has 0 amide bonds. The Morgan fingerprint density at radius 2 is 1.66 bits per heavy atom. The molecule has 1 heterocycles. The van der Waals surface area contributed by atoms with E-state index in [1.165, 1.54) is 5.56 Å². The van der Waals surface area contributed by atoms with Crippen LogP contribution in [0.1, 0.15) is 43.9 Å². The fourth-order valence-electron chi connectivity index (χ4n) is 4.04. The molecule has 35 heavy (non-hydrogen) atoms. The molecule has 4 N–H and O–H groups in total. The van der Waals surface area contributed by atoms with Crippen molar-refractivity contribution < 1.29 is 14.7 Å². The number of anilines is 3. The number of nitrogens with zero attached hydrogens (tertiary/aromatic N) is 1. The van der Waals surface area contributed by atoms with Gasteiger partial charge in [-0.2, -0.15) is 0 Å². The second-order valence-corrected chi connectivity index (χ2v) is 8.98. The molecule has 0 bridgehead atoms. The van der Waals surface area contributed by atoms with Crippen molar-refractivity contribution in [3.63, 3.8) is 0 Å². The molecule has 0 fully saturated rings. The molecule has 7 nitrogen and oxygen atoms in total. The summed E-state index contributed by atoms with van der Waals surface area (Å²) >= 11 is 0. The molecular weight excluding hydrogens is 440 g/mol. The molecular formula is C28H32N4O3. The number of carbonyl (C=O) groups is 1. The van der Waals surface area contributed by atoms with Crippen LogP contribution in [0.25, 0.3) is 5.70 Å². The van der Waals surface area contributed by atoms with Gasteiger partial charge in [-0.25, -0.2) is 5.01 Å². The van der Waals surface area contributed by atoms with E-state index in [2.05, 4.69) is 66.5 Å². The van der Waals surface area contributed by atoms with Gasteiger partial charge in [0.05, 0.1) is 18.2 Å². The van der Waals surface area contributed by atoms with Crippen LogP contribution in [0.2, 0.25) is 0 Å². The topological polar surface area (TPSA) is 85.9 Å². The first-order valence-electron chi connectivity index (χ1n) is 11.9. The Bertz CT molecular complexity index is 1130. The number of carboxylic acid groups (broad SMARTS) is 1. The van der Waals surface area contributed by atoms with Crippen LogP contribution in [0.3, 0.4) is 0 Å². The van der Waals surface area contributed by atoms with Crippen molar-refractivity contribution in [2.75, 3.05) is 22.2 Å². The molecule has 0 saturated carbocycles. The highest BCUT2D eigenvalue weighted by Crippen LogP contribution is 2.31. The lowest BCUT2D eigenvalue weighted by Crippen LogP contribution is -2.30. The quantitative estimate of drug-likeness (QED) is 0.271. The molecule has 0 spiro atoms. The minimum Gasteiger partial charge on any atom is -0.481 e. The number of hydrogen-bond acceptors (Lipinski definition) is 6. The van der Waals surface area contributed by atoms with Crippen molar-refractivity contribution >= 4 is 28.7 Å². The van der Waals surface area contributed by atoms with E-state index in [9.17, 15) is 4.79 Å². The average Bonchev–Trinajstić information content (AvgIpc) is 3.35. The maximum absolute atomic E-state index is 10.7. The molecule has 0 radical (unpaired) electrons. The van der Waals surface area contributed by atoms with Gasteiger partial charge in [-0.3, -0.25) is 4.79 Å². The number of nitrogens with one attached hydrogen (secondary N) is 3. The zero-order chi connectivity index (χ0) is 24.6. The van der Waals surface area contributed by atoms with Crippen molar-refractivity contribution in [2.24, 2.45) is 5.92 Å². The van der Waals surface area contributed by atoms with E-state index >= 15 is 0 Å². The van der Waals surface area contributed by atoms with E-state index in [4.69, 9.17) is 9.94 Å². The summed E-state index contributed by atoms with van der Waals surface area (Å²) in [5.74, 6) is -0.288. The number of benzene rings is 3. The molecule has 0 unspecified atom stereocenters. The van der Waals surface area contributed by atoms with Crippen LogP contribution in [0.4, 0.5) is 17.1 Å². The second kappa shape index (κ2) is 11.4. The van der Waals surface area contributed by atoms with Gasteiger partial charge in [0.25, 0.3) is 0 Å². The van der Waals surface area contributed by atoms with E-state index in [0.717, 1.165) is 34.7 Å². The molecule has 3 aromatic rings. The number of carboxylic acids is 1. The first-order valence-corrected chi connectivity index (χ1v) is 11.9. The third kappa shape index (κ3) is 6.55. The van der Waals surface area contributed by atoms with Gasteiger partial charge in [-0.1, -0.05) is 61.9 Å². The van der Waals surface area contributed by atoms with Gasteiger partial charge < -0.3 is 20.6 Å². The number of hydrazine groups is 1. The summed E-state index contributed by atoms with van der Waals surface area (Å²) < 4.78 is 0. The van der Waals surface area contributed by atoms with Crippen LogP contribution in [-0.2, 0) is 9.63 Å². The van der Waals surface area contributed by atoms with Crippen molar-refractivity contribution in [3.05, 3.63) is 96.3 Å². The molecule has 1 atom stereocenters. The maximum Gasteiger partial charge on any atom is 0.305 e. The van der Waals surface area contributed by atoms with Crippen molar-refractivity contribution in [1.29, 1.82) is 0 Å². The van der Waals surface area contributed by atoms with E-state index in [1.807, 2.05) is 47.5 Å². The Kier molecular flexibility index (Phi) is 7.90. The molecule has 0 saturated heterocycles. The fourth-order valence-corrected chi connectivity index (χ4v) is 4.04. The summed E-state index contributed by atoms with van der Waals surface area (Å²) in [5, 5.41) is 17.5. The first-order chi connectivity index (χ1) is 17.0. The van der Waals surface area contributed by atoms with Crippen LogP contribution in [0.15, 0.2) is 85.1 Å². The molecule has 1 aliphatic rings. The Balaban J connectivity index is 1.45. The third-order valence-corrected chi connectivity index (χ3v) is 5.78. The SMILES string of the molecule is CC(C)C[C@@H](Nc1ccc(NCCC(=O)O)cc1)c1ccc(N2NOC=C2c2ccccc2)cc1. The zero-order valence-electron chi connectivity index (χ0n) is 20.1. The van der Waals surface area contributed by atoms with Gasteiger partial charge in [0.2, 0.25) is 0 Å². The monoisotopic (exact) mass is 472 g/mol. The van der Waals surface area contributed by atoms with Gasteiger partial charge in [0.15, 0.2) is 0 Å². The summed E-state index contributed by atoms with van der Waals surface area (Å²) in [4.78, 5) is 16.1. The highest BCUT2D eigenvalue weighted by atomic mass is 16.7. The van der Waals surface area contributed by atoms with Gasteiger partial charge in [-0.05, 0) is 54.3 Å². The van der Waals surface area contributed by atoms with Crippen LogP contribution in [-0.4, -0.2) is 17.6 Å². The summed E-state index contributed by atoms with van der Waals surface area (Å²) in [6.07, 6.45) is 2.79. The lowest BCUT2D eigenvalue weighted by molar-refractivity contribution is -0.136. The van der Waals surface area contributed by atoms with E-state index < -0.39 is 5.97 Å². The van der Waals surface area contributed by atoms with Gasteiger partial charge >= 0.3 is 5.97 Å². The predicted octanol–water partition coefficient (Wildman–Crippen LogP) is 6.03. The van der Waals surface area contributed by atoms with E-state index in [1.54, 1.807) is 6.26 Å². The van der Waals surface area contributed by atoms with Gasteiger partial charge in [0.1, 0.15) is 12.0 Å². The molecule has 0 aliphatic carbocycles. The smallest absolute Gasteiger partial charge is 0.305 e. The Morgan fingerprint density at radius 1 is 0.971 bits per heavy atom. The summed E-state index contributed by atoms with van der Waals surface area (Å²) in [7, 11) is 0. The Labute approximate surface area is 206 Å². The summed E-state index contributed by atoms with van der Waals surface area (Å²) in [5.41, 5.74) is 9.10. The highest BCUT2D eigenvalue weighted by Gasteiger charge is 2.21. The highest BCUT2D eigenvalue weighted by molar-refractivity contribution is 5.78.